The Morgan fingerprint density at radius 2 is 2.11 bits per heavy atom. The van der Waals surface area contributed by atoms with Crippen LogP contribution in [0.5, 0.6) is 0 Å². The van der Waals surface area contributed by atoms with Crippen LogP contribution in [0, 0.1) is 6.92 Å². The molecule has 0 unspecified atom stereocenters. The summed E-state index contributed by atoms with van der Waals surface area (Å²) in [6, 6.07) is 8.86. The summed E-state index contributed by atoms with van der Waals surface area (Å²) in [7, 11) is 0. The number of halogens is 1. The Labute approximate surface area is 113 Å². The summed E-state index contributed by atoms with van der Waals surface area (Å²) in [6.07, 6.45) is 1.46. The Kier molecular flexibility index (Phi) is 3.62. The molecule has 92 valence electrons. The minimum Gasteiger partial charge on any atom is -0.397 e. The van der Waals surface area contributed by atoms with Crippen LogP contribution < -0.4 is 11.1 Å². The average Bonchev–Trinajstić information content (AvgIpc) is 2.34. The lowest BCUT2D eigenvalue weighted by atomic mass is 10.2. The molecule has 2 rings (SSSR count). The van der Waals surface area contributed by atoms with Crippen LogP contribution in [0.25, 0.3) is 0 Å². The van der Waals surface area contributed by atoms with Crippen LogP contribution >= 0.6 is 15.9 Å². The van der Waals surface area contributed by atoms with Gasteiger partial charge in [0.1, 0.15) is 5.69 Å². The lowest BCUT2D eigenvalue weighted by Crippen LogP contribution is -2.13. The molecule has 0 bridgehead atoms. The highest BCUT2D eigenvalue weighted by molar-refractivity contribution is 9.10. The number of carbonyl (C=O) groups excluding carboxylic acids is 1. The van der Waals surface area contributed by atoms with Gasteiger partial charge in [-0.2, -0.15) is 0 Å². The number of aromatic nitrogens is 1. The molecule has 0 radical (unpaired) electrons. The van der Waals surface area contributed by atoms with Crippen molar-refractivity contribution < 1.29 is 4.79 Å². The highest BCUT2D eigenvalue weighted by Gasteiger charge is 2.07. The Bertz CT molecular complexity index is 581. The number of amides is 1. The summed E-state index contributed by atoms with van der Waals surface area (Å²) in [5, 5.41) is 2.77. The first-order valence-corrected chi connectivity index (χ1v) is 6.14. The zero-order valence-electron chi connectivity index (χ0n) is 9.77. The Hall–Kier alpha value is -1.88. The topological polar surface area (TPSA) is 68.0 Å². The highest BCUT2D eigenvalue weighted by atomic mass is 79.9. The summed E-state index contributed by atoms with van der Waals surface area (Å²) in [5.41, 5.74) is 8.21. The van der Waals surface area contributed by atoms with Gasteiger partial charge in [-0.3, -0.25) is 4.79 Å². The molecule has 0 atom stereocenters. The Morgan fingerprint density at radius 3 is 2.72 bits per heavy atom. The number of hydrogen-bond donors (Lipinski definition) is 2. The second-order valence-corrected chi connectivity index (χ2v) is 4.75. The van der Waals surface area contributed by atoms with Crippen molar-refractivity contribution in [3.05, 3.63) is 52.3 Å². The van der Waals surface area contributed by atoms with Crippen molar-refractivity contribution in [1.29, 1.82) is 0 Å². The maximum absolute atomic E-state index is 11.9. The van der Waals surface area contributed by atoms with Gasteiger partial charge < -0.3 is 11.1 Å². The normalized spacial score (nSPS) is 10.1. The predicted octanol–water partition coefficient (Wildman–Crippen LogP) is 2.99. The largest absolute Gasteiger partial charge is 0.397 e. The van der Waals surface area contributed by atoms with Crippen LogP contribution in [0.1, 0.15) is 16.1 Å². The molecular weight excluding hydrogens is 294 g/mol. The van der Waals surface area contributed by atoms with Gasteiger partial charge in [-0.05, 0) is 36.8 Å². The fraction of sp³-hybridized carbons (Fsp3) is 0.0769. The molecule has 0 spiro atoms. The molecule has 1 aromatic heterocycles. The fourth-order valence-electron chi connectivity index (χ4n) is 1.41. The van der Waals surface area contributed by atoms with Crippen molar-refractivity contribution in [3.8, 4) is 0 Å². The number of anilines is 2. The Balaban J connectivity index is 2.16. The second kappa shape index (κ2) is 5.18. The molecule has 0 aliphatic rings. The van der Waals surface area contributed by atoms with Gasteiger partial charge in [0.05, 0.1) is 11.9 Å². The summed E-state index contributed by atoms with van der Waals surface area (Å²) < 4.78 is 0.950. The summed E-state index contributed by atoms with van der Waals surface area (Å²) in [5.74, 6) is -0.259. The average molecular weight is 306 g/mol. The number of nitrogen functional groups attached to an aromatic ring is 1. The van der Waals surface area contributed by atoms with Crippen LogP contribution in [-0.2, 0) is 0 Å². The number of aryl methyl sites for hydroxylation is 1. The van der Waals surface area contributed by atoms with E-state index in [-0.39, 0.29) is 5.91 Å². The molecule has 1 amide bonds. The number of benzene rings is 1. The number of nitrogens with two attached hydrogens (primary N) is 1. The van der Waals surface area contributed by atoms with E-state index in [1.807, 2.05) is 25.1 Å². The van der Waals surface area contributed by atoms with E-state index >= 15 is 0 Å². The third-order valence-electron chi connectivity index (χ3n) is 2.45. The molecule has 1 aromatic carbocycles. The van der Waals surface area contributed by atoms with Crippen LogP contribution in [-0.4, -0.2) is 10.9 Å². The van der Waals surface area contributed by atoms with Crippen LogP contribution in [0.2, 0.25) is 0 Å². The molecule has 0 aliphatic carbocycles. The smallest absolute Gasteiger partial charge is 0.274 e. The van der Waals surface area contributed by atoms with E-state index in [1.54, 1.807) is 12.1 Å². The molecule has 5 heteroatoms. The molecular formula is C13H12BrN3O. The van der Waals surface area contributed by atoms with Crippen molar-refractivity contribution in [3.63, 3.8) is 0 Å². The second-order valence-electron chi connectivity index (χ2n) is 3.89. The molecule has 18 heavy (non-hydrogen) atoms. The molecule has 1 heterocycles. The van der Waals surface area contributed by atoms with Crippen molar-refractivity contribution in [2.75, 3.05) is 11.1 Å². The van der Waals surface area contributed by atoms with E-state index in [1.165, 1.54) is 6.20 Å². The third kappa shape index (κ3) is 2.87. The van der Waals surface area contributed by atoms with E-state index in [2.05, 4.69) is 26.2 Å². The van der Waals surface area contributed by atoms with Gasteiger partial charge in [-0.25, -0.2) is 4.98 Å². The van der Waals surface area contributed by atoms with E-state index in [0.29, 0.717) is 11.4 Å². The minimum absolute atomic E-state index is 0.259. The minimum atomic E-state index is -0.259. The van der Waals surface area contributed by atoms with Crippen molar-refractivity contribution in [2.45, 2.75) is 6.92 Å². The van der Waals surface area contributed by atoms with Crippen LogP contribution in [0.3, 0.4) is 0 Å². The van der Waals surface area contributed by atoms with Crippen molar-refractivity contribution in [2.24, 2.45) is 0 Å². The van der Waals surface area contributed by atoms with Gasteiger partial charge >= 0.3 is 0 Å². The molecule has 0 fully saturated rings. The van der Waals surface area contributed by atoms with Crippen molar-refractivity contribution >= 4 is 33.2 Å². The maximum Gasteiger partial charge on any atom is 0.274 e. The SMILES string of the molecule is Cc1ccc(NC(=O)c2ccc(N)cn2)cc1Br. The number of hydrogen-bond acceptors (Lipinski definition) is 3. The third-order valence-corrected chi connectivity index (χ3v) is 3.30. The van der Waals surface area contributed by atoms with Gasteiger partial charge in [0.15, 0.2) is 0 Å². The van der Waals surface area contributed by atoms with E-state index in [9.17, 15) is 4.79 Å². The first kappa shape index (κ1) is 12.6. The van der Waals surface area contributed by atoms with Gasteiger partial charge in [-0.1, -0.05) is 22.0 Å². The molecule has 0 saturated heterocycles. The first-order valence-electron chi connectivity index (χ1n) is 5.35. The lowest BCUT2D eigenvalue weighted by Gasteiger charge is -2.06. The summed E-state index contributed by atoms with van der Waals surface area (Å²) >= 11 is 3.42. The standard InChI is InChI=1S/C13H12BrN3O/c1-8-2-4-10(6-11(8)14)17-13(18)12-5-3-9(15)7-16-12/h2-7H,15H2,1H3,(H,17,18). The van der Waals surface area contributed by atoms with Crippen LogP contribution in [0.4, 0.5) is 11.4 Å². The zero-order chi connectivity index (χ0) is 13.1. The molecule has 3 N–H and O–H groups in total. The number of carbonyl (C=O) groups is 1. The fourth-order valence-corrected chi connectivity index (χ4v) is 1.78. The summed E-state index contributed by atoms with van der Waals surface area (Å²) in [4.78, 5) is 15.9. The van der Waals surface area contributed by atoms with Gasteiger partial charge in [0.25, 0.3) is 5.91 Å². The van der Waals surface area contributed by atoms with Gasteiger partial charge in [0.2, 0.25) is 0 Å². The molecule has 0 saturated carbocycles. The quantitative estimate of drug-likeness (QED) is 0.896. The van der Waals surface area contributed by atoms with E-state index < -0.39 is 0 Å². The van der Waals surface area contributed by atoms with Gasteiger partial charge in [-0.15, -0.1) is 0 Å². The maximum atomic E-state index is 11.9. The van der Waals surface area contributed by atoms with Crippen molar-refractivity contribution in [1.82, 2.24) is 4.98 Å². The number of pyridine rings is 1. The molecule has 4 nitrogen and oxygen atoms in total. The van der Waals surface area contributed by atoms with E-state index in [4.69, 9.17) is 5.73 Å². The van der Waals surface area contributed by atoms with E-state index in [0.717, 1.165) is 15.7 Å². The van der Waals surface area contributed by atoms with Crippen LogP contribution in [0.15, 0.2) is 41.0 Å². The van der Waals surface area contributed by atoms with Gasteiger partial charge in [0, 0.05) is 10.2 Å². The monoisotopic (exact) mass is 305 g/mol. The number of rotatable bonds is 2. The zero-order valence-corrected chi connectivity index (χ0v) is 11.4. The predicted molar refractivity (Wildman–Crippen MR) is 75.5 cm³/mol. The molecule has 2 aromatic rings. The number of nitrogens with zero attached hydrogens (tertiary/aromatic N) is 1. The lowest BCUT2D eigenvalue weighted by molar-refractivity contribution is 0.102. The molecule has 0 aliphatic heterocycles. The Morgan fingerprint density at radius 1 is 1.33 bits per heavy atom. The first-order chi connectivity index (χ1) is 8.56. The number of nitrogens with one attached hydrogen (secondary N) is 1. The highest BCUT2D eigenvalue weighted by Crippen LogP contribution is 2.20. The summed E-state index contributed by atoms with van der Waals surface area (Å²) in [6.45, 7) is 1.98.